The normalized spacial score (nSPS) is 9.18. The van der Waals surface area contributed by atoms with Gasteiger partial charge < -0.3 is 11.1 Å². The van der Waals surface area contributed by atoms with Crippen molar-refractivity contribution in [2.75, 3.05) is 5.32 Å². The SMILES string of the molecule is NC(=S)Nc1cccc(F)n1. The maximum Gasteiger partial charge on any atom is 0.214 e. The number of hydrogen-bond donors (Lipinski definition) is 2. The summed E-state index contributed by atoms with van der Waals surface area (Å²) in [6.07, 6.45) is 0. The van der Waals surface area contributed by atoms with Gasteiger partial charge in [0.05, 0.1) is 0 Å². The molecule has 58 valence electrons. The first-order chi connectivity index (χ1) is 5.18. The Bertz CT molecular complexity index is 276. The quantitative estimate of drug-likeness (QED) is 0.486. The first kappa shape index (κ1) is 7.87. The second kappa shape index (κ2) is 3.25. The number of halogens is 1. The van der Waals surface area contributed by atoms with Gasteiger partial charge in [0.15, 0.2) is 5.11 Å². The number of thiocarbonyl (C=S) groups is 1. The van der Waals surface area contributed by atoms with Crippen molar-refractivity contribution < 1.29 is 4.39 Å². The highest BCUT2D eigenvalue weighted by Gasteiger charge is 1.95. The van der Waals surface area contributed by atoms with Crippen LogP contribution in [0.5, 0.6) is 0 Å². The summed E-state index contributed by atoms with van der Waals surface area (Å²) < 4.78 is 12.4. The molecule has 0 aliphatic heterocycles. The van der Waals surface area contributed by atoms with E-state index in [1.165, 1.54) is 12.1 Å². The molecule has 3 nitrogen and oxygen atoms in total. The largest absolute Gasteiger partial charge is 0.376 e. The summed E-state index contributed by atoms with van der Waals surface area (Å²) in [5.41, 5.74) is 5.13. The molecule has 0 saturated carbocycles. The van der Waals surface area contributed by atoms with Crippen LogP contribution >= 0.6 is 12.2 Å². The van der Waals surface area contributed by atoms with Gasteiger partial charge in [-0.15, -0.1) is 0 Å². The maximum absolute atomic E-state index is 12.4. The Morgan fingerprint density at radius 3 is 2.91 bits per heavy atom. The molecule has 0 unspecified atom stereocenters. The lowest BCUT2D eigenvalue weighted by Gasteiger charge is -2.00. The van der Waals surface area contributed by atoms with Crippen LogP contribution in [0.4, 0.5) is 10.2 Å². The molecule has 0 atom stereocenters. The standard InChI is InChI=1S/C6H6FN3S/c7-4-2-1-3-5(9-4)10-6(8)11/h1-3H,(H3,8,9,10,11). The van der Waals surface area contributed by atoms with Gasteiger partial charge in [0.2, 0.25) is 5.95 Å². The second-order valence-electron chi connectivity index (χ2n) is 1.83. The molecule has 0 bridgehead atoms. The zero-order valence-electron chi connectivity index (χ0n) is 5.54. The fourth-order valence-corrected chi connectivity index (χ4v) is 0.709. The summed E-state index contributed by atoms with van der Waals surface area (Å²) in [5.74, 6) is -0.247. The van der Waals surface area contributed by atoms with Crippen molar-refractivity contribution in [3.63, 3.8) is 0 Å². The van der Waals surface area contributed by atoms with Gasteiger partial charge in [0, 0.05) is 0 Å². The van der Waals surface area contributed by atoms with Crippen LogP contribution in [-0.4, -0.2) is 10.1 Å². The zero-order valence-corrected chi connectivity index (χ0v) is 6.36. The summed E-state index contributed by atoms with van der Waals surface area (Å²) in [4.78, 5) is 3.47. The van der Waals surface area contributed by atoms with E-state index in [0.717, 1.165) is 0 Å². The first-order valence-electron chi connectivity index (χ1n) is 2.87. The van der Waals surface area contributed by atoms with E-state index in [4.69, 9.17) is 5.73 Å². The van der Waals surface area contributed by atoms with Crippen molar-refractivity contribution in [1.82, 2.24) is 4.98 Å². The maximum atomic E-state index is 12.4. The molecular weight excluding hydrogens is 165 g/mol. The molecule has 1 rings (SSSR count). The van der Waals surface area contributed by atoms with Crippen molar-refractivity contribution in [3.05, 3.63) is 24.1 Å². The number of aromatic nitrogens is 1. The molecule has 0 fully saturated rings. The lowest BCUT2D eigenvalue weighted by molar-refractivity contribution is 0.586. The predicted molar refractivity (Wildman–Crippen MR) is 44.6 cm³/mol. The van der Waals surface area contributed by atoms with Crippen LogP contribution in [-0.2, 0) is 0 Å². The van der Waals surface area contributed by atoms with Crippen LogP contribution in [0.3, 0.4) is 0 Å². The Kier molecular flexibility index (Phi) is 2.32. The summed E-state index contributed by atoms with van der Waals surface area (Å²) in [6.45, 7) is 0. The van der Waals surface area contributed by atoms with E-state index in [-0.39, 0.29) is 5.11 Å². The van der Waals surface area contributed by atoms with E-state index in [0.29, 0.717) is 5.82 Å². The molecule has 0 spiro atoms. The highest BCUT2D eigenvalue weighted by Crippen LogP contribution is 2.01. The molecule has 5 heteroatoms. The number of nitrogens with two attached hydrogens (primary N) is 1. The van der Waals surface area contributed by atoms with E-state index < -0.39 is 5.95 Å². The Hall–Kier alpha value is -1.23. The minimum absolute atomic E-state index is 0.0723. The van der Waals surface area contributed by atoms with Gasteiger partial charge in [-0.05, 0) is 24.4 Å². The van der Waals surface area contributed by atoms with E-state index in [1.54, 1.807) is 6.07 Å². The molecule has 0 aliphatic carbocycles. The molecule has 0 saturated heterocycles. The summed E-state index contributed by atoms with van der Waals surface area (Å²) >= 11 is 4.53. The van der Waals surface area contributed by atoms with E-state index in [9.17, 15) is 4.39 Å². The topological polar surface area (TPSA) is 50.9 Å². The molecule has 0 amide bonds. The molecule has 0 aliphatic rings. The van der Waals surface area contributed by atoms with Gasteiger partial charge in [-0.25, -0.2) is 4.98 Å². The third-order valence-electron chi connectivity index (χ3n) is 0.966. The minimum Gasteiger partial charge on any atom is -0.376 e. The van der Waals surface area contributed by atoms with E-state index in [2.05, 4.69) is 22.5 Å². The fourth-order valence-electron chi connectivity index (χ4n) is 0.604. The molecule has 0 aromatic carbocycles. The number of pyridine rings is 1. The number of rotatable bonds is 1. The van der Waals surface area contributed by atoms with Crippen LogP contribution < -0.4 is 11.1 Å². The van der Waals surface area contributed by atoms with Gasteiger partial charge in [0.1, 0.15) is 5.82 Å². The molecule has 1 aromatic heterocycles. The van der Waals surface area contributed by atoms with Crippen LogP contribution in [0.2, 0.25) is 0 Å². The zero-order chi connectivity index (χ0) is 8.27. The molecular formula is C6H6FN3S. The second-order valence-corrected chi connectivity index (χ2v) is 2.27. The number of nitrogens with zero attached hydrogens (tertiary/aromatic N) is 1. The van der Waals surface area contributed by atoms with E-state index >= 15 is 0 Å². The van der Waals surface area contributed by atoms with Crippen molar-refractivity contribution >= 4 is 23.1 Å². The van der Waals surface area contributed by atoms with Gasteiger partial charge >= 0.3 is 0 Å². The minimum atomic E-state index is -0.564. The van der Waals surface area contributed by atoms with E-state index in [1.807, 2.05) is 0 Å². The number of nitrogens with one attached hydrogen (secondary N) is 1. The fraction of sp³-hybridized carbons (Fsp3) is 0. The highest BCUT2D eigenvalue weighted by atomic mass is 32.1. The van der Waals surface area contributed by atoms with Crippen LogP contribution in [0.1, 0.15) is 0 Å². The average molecular weight is 171 g/mol. The van der Waals surface area contributed by atoms with Crippen molar-refractivity contribution in [1.29, 1.82) is 0 Å². The molecule has 3 N–H and O–H groups in total. The Morgan fingerprint density at radius 2 is 2.36 bits per heavy atom. The Morgan fingerprint density at radius 1 is 1.64 bits per heavy atom. The molecule has 1 aromatic rings. The Labute approximate surface area is 68.4 Å². The smallest absolute Gasteiger partial charge is 0.214 e. The molecule has 11 heavy (non-hydrogen) atoms. The molecule has 1 heterocycles. The average Bonchev–Trinajstić information content (AvgIpc) is 1.85. The van der Waals surface area contributed by atoms with Gasteiger partial charge in [0.25, 0.3) is 0 Å². The van der Waals surface area contributed by atoms with Gasteiger partial charge in [-0.3, -0.25) is 0 Å². The Balaban J connectivity index is 2.79. The van der Waals surface area contributed by atoms with Crippen molar-refractivity contribution in [3.8, 4) is 0 Å². The first-order valence-corrected chi connectivity index (χ1v) is 3.28. The van der Waals surface area contributed by atoms with Gasteiger partial charge in [-0.1, -0.05) is 6.07 Å². The monoisotopic (exact) mass is 171 g/mol. The van der Waals surface area contributed by atoms with Crippen molar-refractivity contribution in [2.45, 2.75) is 0 Å². The summed E-state index contributed by atoms with van der Waals surface area (Å²) in [6, 6.07) is 4.33. The summed E-state index contributed by atoms with van der Waals surface area (Å²) in [5, 5.41) is 2.58. The lowest BCUT2D eigenvalue weighted by Crippen LogP contribution is -2.19. The third-order valence-corrected chi connectivity index (χ3v) is 1.07. The van der Waals surface area contributed by atoms with Crippen LogP contribution in [0.25, 0.3) is 0 Å². The van der Waals surface area contributed by atoms with Gasteiger partial charge in [-0.2, -0.15) is 4.39 Å². The summed E-state index contributed by atoms with van der Waals surface area (Å²) in [7, 11) is 0. The lowest BCUT2D eigenvalue weighted by atomic mass is 10.4. The van der Waals surface area contributed by atoms with Crippen LogP contribution in [0.15, 0.2) is 18.2 Å². The predicted octanol–water partition coefficient (Wildman–Crippen LogP) is 0.876. The number of anilines is 1. The van der Waals surface area contributed by atoms with Crippen molar-refractivity contribution in [2.24, 2.45) is 5.73 Å². The molecule has 0 radical (unpaired) electrons. The highest BCUT2D eigenvalue weighted by molar-refractivity contribution is 7.80. The van der Waals surface area contributed by atoms with Crippen LogP contribution in [0, 0.1) is 5.95 Å². The number of hydrogen-bond acceptors (Lipinski definition) is 2. The third kappa shape index (κ3) is 2.46.